The van der Waals surface area contributed by atoms with Crippen LogP contribution in [0.15, 0.2) is 53.5 Å². The monoisotopic (exact) mass is 522 g/mol. The van der Waals surface area contributed by atoms with E-state index in [9.17, 15) is 23.5 Å². The third kappa shape index (κ3) is 4.95. The van der Waals surface area contributed by atoms with E-state index in [-0.39, 0.29) is 23.9 Å². The molecule has 0 aromatic heterocycles. The minimum atomic E-state index is -2.71. The quantitative estimate of drug-likeness (QED) is 0.559. The lowest BCUT2D eigenvalue weighted by Gasteiger charge is -2.40. The summed E-state index contributed by atoms with van der Waals surface area (Å²) in [5.74, 6) is -0.888. The molecule has 1 unspecified atom stereocenters. The summed E-state index contributed by atoms with van der Waals surface area (Å²) in [5, 5.41) is 13.6. The summed E-state index contributed by atoms with van der Waals surface area (Å²) >= 11 is 0. The van der Waals surface area contributed by atoms with Crippen molar-refractivity contribution in [3.63, 3.8) is 0 Å². The number of nitrogens with one attached hydrogen (secondary N) is 1. The standard InChI is InChI=1S/C29H32F2N4O3/c1-2-29-11-4-3-6-17-9-10-18-14-23(36)26(21(18)12-17)33-27(38)20-8-5-7-19(13-20)22(15-24(30)31)35(25(37)16-29)28(32)34-29/h3,5-10,12-13,22-24,26,36H,2,4,11,14-16H2,1H3,(H2,32,34)(H,33,38)/b6-3-/t22?,23-,26-,29-/m1/s1. The normalized spacial score (nSPS) is 28.1. The summed E-state index contributed by atoms with van der Waals surface area (Å²) in [7, 11) is 0. The molecule has 0 saturated carbocycles. The number of rotatable bonds is 3. The molecule has 4 N–H and O–H groups in total. The second-order valence-electron chi connectivity index (χ2n) is 10.4. The Bertz CT molecular complexity index is 1310. The van der Waals surface area contributed by atoms with E-state index in [1.807, 2.05) is 37.3 Å². The van der Waals surface area contributed by atoms with Gasteiger partial charge in [0.1, 0.15) is 0 Å². The molecule has 0 fully saturated rings. The Labute approximate surface area is 220 Å². The van der Waals surface area contributed by atoms with E-state index in [4.69, 9.17) is 10.7 Å². The molecule has 3 heterocycles. The van der Waals surface area contributed by atoms with Crippen LogP contribution in [0.4, 0.5) is 8.78 Å². The number of amides is 2. The van der Waals surface area contributed by atoms with Gasteiger partial charge in [0.15, 0.2) is 5.96 Å². The van der Waals surface area contributed by atoms with Gasteiger partial charge in [0.2, 0.25) is 12.3 Å². The van der Waals surface area contributed by atoms with Gasteiger partial charge in [0.05, 0.1) is 30.1 Å². The van der Waals surface area contributed by atoms with Crippen LogP contribution in [0.25, 0.3) is 6.08 Å². The van der Waals surface area contributed by atoms with Gasteiger partial charge in [-0.05, 0) is 59.7 Å². The number of aliphatic hydroxyl groups is 1. The van der Waals surface area contributed by atoms with Crippen molar-refractivity contribution in [2.24, 2.45) is 10.7 Å². The van der Waals surface area contributed by atoms with Crippen LogP contribution < -0.4 is 11.1 Å². The second-order valence-corrected chi connectivity index (χ2v) is 10.4. The van der Waals surface area contributed by atoms with Gasteiger partial charge in [-0.2, -0.15) is 0 Å². The maximum Gasteiger partial charge on any atom is 0.251 e. The highest BCUT2D eigenvalue weighted by atomic mass is 19.3. The van der Waals surface area contributed by atoms with Gasteiger partial charge in [-0.1, -0.05) is 43.3 Å². The van der Waals surface area contributed by atoms with Gasteiger partial charge in [0.25, 0.3) is 5.91 Å². The molecule has 9 heteroatoms. The van der Waals surface area contributed by atoms with Crippen LogP contribution in [0.3, 0.4) is 0 Å². The first kappa shape index (κ1) is 26.0. The zero-order valence-corrected chi connectivity index (χ0v) is 21.2. The number of nitrogens with two attached hydrogens (primary N) is 1. The Balaban J connectivity index is 1.61. The topological polar surface area (TPSA) is 108 Å². The predicted molar refractivity (Wildman–Crippen MR) is 141 cm³/mol. The first-order chi connectivity index (χ1) is 18.2. The third-order valence-electron chi connectivity index (χ3n) is 7.94. The molecule has 2 aromatic rings. The van der Waals surface area contributed by atoms with Crippen molar-refractivity contribution in [1.82, 2.24) is 10.2 Å². The van der Waals surface area contributed by atoms with Gasteiger partial charge in [-0.3, -0.25) is 14.5 Å². The molecule has 0 spiro atoms. The third-order valence-corrected chi connectivity index (χ3v) is 7.94. The van der Waals surface area contributed by atoms with E-state index in [0.717, 1.165) is 21.6 Å². The van der Waals surface area contributed by atoms with E-state index in [0.29, 0.717) is 31.2 Å². The molecule has 38 heavy (non-hydrogen) atoms. The second kappa shape index (κ2) is 10.3. The van der Waals surface area contributed by atoms with Crippen LogP contribution >= 0.6 is 0 Å². The molecule has 1 aliphatic carbocycles. The van der Waals surface area contributed by atoms with E-state index in [1.54, 1.807) is 18.2 Å². The number of guanidine groups is 1. The molecule has 6 bridgehead atoms. The van der Waals surface area contributed by atoms with Crippen molar-refractivity contribution < 1.29 is 23.5 Å². The van der Waals surface area contributed by atoms with E-state index in [1.165, 1.54) is 6.07 Å². The van der Waals surface area contributed by atoms with Gasteiger partial charge in [-0.15, -0.1) is 0 Å². The number of fused-ring (bicyclic) bond motifs is 4. The Morgan fingerprint density at radius 2 is 2.05 bits per heavy atom. The van der Waals surface area contributed by atoms with Crippen molar-refractivity contribution in [1.29, 1.82) is 0 Å². The highest BCUT2D eigenvalue weighted by Gasteiger charge is 2.42. The van der Waals surface area contributed by atoms with E-state index < -0.39 is 42.5 Å². The molecule has 4 atom stereocenters. The number of benzene rings is 2. The Hall–Kier alpha value is -3.59. The Kier molecular flexibility index (Phi) is 7.05. The van der Waals surface area contributed by atoms with E-state index >= 15 is 0 Å². The fraction of sp³-hybridized carbons (Fsp3) is 0.414. The Morgan fingerprint density at radius 1 is 1.24 bits per heavy atom. The van der Waals surface area contributed by atoms with Gasteiger partial charge in [-0.25, -0.2) is 13.8 Å². The number of halogens is 2. The average Bonchev–Trinajstić information content (AvgIpc) is 3.19. The van der Waals surface area contributed by atoms with Crippen molar-refractivity contribution >= 4 is 23.8 Å². The minimum Gasteiger partial charge on any atom is -0.390 e. The number of carbonyl (C=O) groups excluding carboxylic acids is 2. The number of carbonyl (C=O) groups is 2. The van der Waals surface area contributed by atoms with Gasteiger partial charge >= 0.3 is 0 Å². The number of aliphatic hydroxyl groups excluding tert-OH is 1. The lowest BCUT2D eigenvalue weighted by Crippen LogP contribution is -2.53. The zero-order valence-electron chi connectivity index (χ0n) is 21.2. The summed E-state index contributed by atoms with van der Waals surface area (Å²) in [5.41, 5.74) is 8.97. The number of aliphatic imine (C=N–C) groups is 1. The SMILES string of the molecule is CC[C@@]12CC/C=C\c3ccc4c(c3)[C@@H](NC(=O)c3cccc(c3)C(CC(F)F)N(C(=O)C1)C(N)=N2)[C@H](O)C4. The maximum atomic E-state index is 13.8. The first-order valence-corrected chi connectivity index (χ1v) is 13.0. The van der Waals surface area contributed by atoms with E-state index in [2.05, 4.69) is 5.32 Å². The zero-order chi connectivity index (χ0) is 27.0. The van der Waals surface area contributed by atoms with Crippen LogP contribution in [0, 0.1) is 0 Å². The Morgan fingerprint density at radius 3 is 2.79 bits per heavy atom. The van der Waals surface area contributed by atoms with Crippen LogP contribution in [0.1, 0.15) is 83.7 Å². The lowest BCUT2D eigenvalue weighted by atomic mass is 9.85. The molecule has 0 saturated heterocycles. The van der Waals surface area contributed by atoms with Crippen molar-refractivity contribution in [3.8, 4) is 0 Å². The largest absolute Gasteiger partial charge is 0.390 e. The number of alkyl halides is 2. The van der Waals surface area contributed by atoms with Crippen LogP contribution in [-0.2, 0) is 11.2 Å². The molecule has 7 nitrogen and oxygen atoms in total. The lowest BCUT2D eigenvalue weighted by molar-refractivity contribution is -0.132. The van der Waals surface area contributed by atoms with Gasteiger partial charge < -0.3 is 16.2 Å². The smallest absolute Gasteiger partial charge is 0.251 e. The number of hydrogen-bond acceptors (Lipinski definition) is 5. The predicted octanol–water partition coefficient (Wildman–Crippen LogP) is 4.27. The summed E-state index contributed by atoms with van der Waals surface area (Å²) in [6, 6.07) is 10.5. The van der Waals surface area contributed by atoms with Crippen LogP contribution in [0.5, 0.6) is 0 Å². The summed E-state index contributed by atoms with van der Waals surface area (Å²) < 4.78 is 27.5. The summed E-state index contributed by atoms with van der Waals surface area (Å²) in [6.07, 6.45) is 2.13. The summed E-state index contributed by atoms with van der Waals surface area (Å²) in [6.45, 7) is 1.94. The minimum absolute atomic E-state index is 0.0658. The molecular formula is C29H32F2N4O3. The molecule has 3 aliphatic heterocycles. The van der Waals surface area contributed by atoms with Gasteiger partial charge in [0, 0.05) is 18.4 Å². The molecule has 2 aromatic carbocycles. The summed E-state index contributed by atoms with van der Waals surface area (Å²) in [4.78, 5) is 32.6. The number of nitrogens with zero attached hydrogens (tertiary/aromatic N) is 2. The fourth-order valence-corrected chi connectivity index (χ4v) is 5.85. The fourth-order valence-electron chi connectivity index (χ4n) is 5.85. The molecular weight excluding hydrogens is 490 g/mol. The number of allylic oxidation sites excluding steroid dienone is 1. The van der Waals surface area contributed by atoms with Crippen LogP contribution in [-0.4, -0.2) is 45.8 Å². The molecule has 0 radical (unpaired) electrons. The van der Waals surface area contributed by atoms with Crippen molar-refractivity contribution in [2.45, 2.75) is 75.6 Å². The molecule has 200 valence electrons. The number of hydrogen-bond donors (Lipinski definition) is 3. The maximum absolute atomic E-state index is 13.8. The van der Waals surface area contributed by atoms with Crippen molar-refractivity contribution in [2.75, 3.05) is 0 Å². The average molecular weight is 523 g/mol. The molecule has 6 rings (SSSR count). The van der Waals surface area contributed by atoms with Crippen LogP contribution in [0.2, 0.25) is 0 Å². The molecule has 2 amide bonds. The highest BCUT2D eigenvalue weighted by molar-refractivity contribution is 6.00. The van der Waals surface area contributed by atoms with Crippen molar-refractivity contribution in [3.05, 3.63) is 76.4 Å². The highest BCUT2D eigenvalue weighted by Crippen LogP contribution is 2.37. The molecule has 4 aliphatic rings. The first-order valence-electron chi connectivity index (χ1n) is 13.0.